The summed E-state index contributed by atoms with van der Waals surface area (Å²) in [4.78, 5) is 18.4. The maximum Gasteiger partial charge on any atom is 0.265 e. The van der Waals surface area contributed by atoms with Gasteiger partial charge in [-0.1, -0.05) is 11.3 Å². The minimum absolute atomic E-state index is 0.177. The molecule has 0 aliphatic heterocycles. The molecule has 0 fully saturated rings. The number of nitrogens with one attached hydrogen (secondary N) is 1. The Balaban J connectivity index is 2.04. The molecule has 3 N–H and O–H groups in total. The number of carbonyl (C=O) groups is 1. The van der Waals surface area contributed by atoms with Gasteiger partial charge in [0.1, 0.15) is 10.7 Å². The first kappa shape index (κ1) is 12.8. The van der Waals surface area contributed by atoms with Crippen molar-refractivity contribution in [2.24, 2.45) is 0 Å². The van der Waals surface area contributed by atoms with Gasteiger partial charge in [-0.05, 0) is 22.4 Å². The number of amides is 1. The van der Waals surface area contributed by atoms with Gasteiger partial charge in [-0.3, -0.25) is 4.79 Å². The number of rotatable bonds is 4. The van der Waals surface area contributed by atoms with E-state index in [4.69, 9.17) is 5.73 Å². The molecule has 0 radical (unpaired) electrons. The van der Waals surface area contributed by atoms with Crippen molar-refractivity contribution < 1.29 is 4.79 Å². The lowest BCUT2D eigenvalue weighted by atomic mass is 10.3. The van der Waals surface area contributed by atoms with Gasteiger partial charge in [0, 0.05) is 20.6 Å². The molecule has 18 heavy (non-hydrogen) atoms. The third kappa shape index (κ3) is 2.80. The van der Waals surface area contributed by atoms with Crippen LogP contribution in [0.5, 0.6) is 0 Å². The van der Waals surface area contributed by atoms with E-state index in [1.54, 1.807) is 11.3 Å². The van der Waals surface area contributed by atoms with Gasteiger partial charge in [-0.2, -0.15) is 11.3 Å². The van der Waals surface area contributed by atoms with Crippen LogP contribution in [0.4, 0.5) is 10.9 Å². The van der Waals surface area contributed by atoms with Crippen molar-refractivity contribution in [3.05, 3.63) is 27.3 Å². The maximum absolute atomic E-state index is 12.0. The van der Waals surface area contributed by atoms with Gasteiger partial charge in [0.15, 0.2) is 5.13 Å². The summed E-state index contributed by atoms with van der Waals surface area (Å²) in [5.74, 6) is 0.107. The van der Waals surface area contributed by atoms with Crippen molar-refractivity contribution in [3.63, 3.8) is 0 Å². The van der Waals surface area contributed by atoms with Crippen LogP contribution >= 0.6 is 22.7 Å². The van der Waals surface area contributed by atoms with Crippen molar-refractivity contribution >= 4 is 39.5 Å². The van der Waals surface area contributed by atoms with Crippen LogP contribution < -0.4 is 16.0 Å². The smallest absolute Gasteiger partial charge is 0.265 e. The zero-order valence-corrected chi connectivity index (χ0v) is 11.8. The largest absolute Gasteiger partial charge is 0.382 e. The van der Waals surface area contributed by atoms with E-state index < -0.39 is 0 Å². The molecule has 0 aliphatic carbocycles. The van der Waals surface area contributed by atoms with Gasteiger partial charge in [0.25, 0.3) is 5.91 Å². The van der Waals surface area contributed by atoms with Crippen molar-refractivity contribution in [2.45, 2.75) is 6.54 Å². The number of anilines is 2. The SMILES string of the molecule is CN(C)c1nc(N)c(C(=O)NCc2ccsc2)s1. The summed E-state index contributed by atoms with van der Waals surface area (Å²) in [6, 6.07) is 1.98. The second-order valence-electron chi connectivity index (χ2n) is 3.92. The zero-order chi connectivity index (χ0) is 13.1. The number of nitrogens with two attached hydrogens (primary N) is 1. The van der Waals surface area contributed by atoms with Gasteiger partial charge < -0.3 is 16.0 Å². The average Bonchev–Trinajstić information content (AvgIpc) is 2.94. The quantitative estimate of drug-likeness (QED) is 0.896. The van der Waals surface area contributed by atoms with E-state index in [9.17, 15) is 4.79 Å². The summed E-state index contributed by atoms with van der Waals surface area (Å²) in [5.41, 5.74) is 6.83. The van der Waals surface area contributed by atoms with E-state index in [0.717, 1.165) is 10.7 Å². The van der Waals surface area contributed by atoms with Crippen LogP contribution in [-0.2, 0) is 6.54 Å². The van der Waals surface area contributed by atoms with Gasteiger partial charge in [0.2, 0.25) is 0 Å². The Bertz CT molecular complexity index is 533. The minimum atomic E-state index is -0.177. The van der Waals surface area contributed by atoms with Crippen LogP contribution in [0.15, 0.2) is 16.8 Å². The van der Waals surface area contributed by atoms with Crippen molar-refractivity contribution in [1.29, 1.82) is 0 Å². The Kier molecular flexibility index (Phi) is 3.83. The lowest BCUT2D eigenvalue weighted by Gasteiger charge is -2.05. The molecule has 0 saturated heterocycles. The lowest BCUT2D eigenvalue weighted by Crippen LogP contribution is -2.22. The first-order valence-corrected chi connectivity index (χ1v) is 7.06. The molecule has 0 saturated carbocycles. The number of nitrogen functional groups attached to an aromatic ring is 1. The second-order valence-corrected chi connectivity index (χ2v) is 5.68. The molecular formula is C11H14N4OS2. The molecule has 0 unspecified atom stereocenters. The van der Waals surface area contributed by atoms with Crippen molar-refractivity contribution in [3.8, 4) is 0 Å². The van der Waals surface area contributed by atoms with E-state index in [1.807, 2.05) is 35.8 Å². The molecule has 0 atom stereocenters. The molecule has 2 aromatic rings. The van der Waals surface area contributed by atoms with Crippen LogP contribution in [0.1, 0.15) is 15.2 Å². The Morgan fingerprint density at radius 2 is 2.33 bits per heavy atom. The highest BCUT2D eigenvalue weighted by molar-refractivity contribution is 7.18. The third-order valence-electron chi connectivity index (χ3n) is 2.26. The number of nitrogens with zero attached hydrogens (tertiary/aromatic N) is 2. The number of hydrogen-bond donors (Lipinski definition) is 2. The summed E-state index contributed by atoms with van der Waals surface area (Å²) >= 11 is 2.90. The molecule has 2 aromatic heterocycles. The van der Waals surface area contributed by atoms with Gasteiger partial charge in [-0.15, -0.1) is 0 Å². The predicted octanol–water partition coefficient (Wildman–Crippen LogP) is 1.78. The van der Waals surface area contributed by atoms with Crippen molar-refractivity contribution in [2.75, 3.05) is 24.7 Å². The Morgan fingerprint density at radius 3 is 2.89 bits per heavy atom. The summed E-state index contributed by atoms with van der Waals surface area (Å²) in [6.07, 6.45) is 0. The first-order valence-electron chi connectivity index (χ1n) is 5.31. The molecule has 7 heteroatoms. The van der Waals surface area contributed by atoms with E-state index in [0.29, 0.717) is 11.4 Å². The van der Waals surface area contributed by atoms with Gasteiger partial charge >= 0.3 is 0 Å². The molecule has 2 heterocycles. The predicted molar refractivity (Wildman–Crippen MR) is 76.3 cm³/mol. The number of hydrogen-bond acceptors (Lipinski definition) is 6. The Labute approximate surface area is 113 Å². The maximum atomic E-state index is 12.0. The number of thiophene rings is 1. The van der Waals surface area contributed by atoms with E-state index in [-0.39, 0.29) is 11.7 Å². The molecule has 0 aromatic carbocycles. The summed E-state index contributed by atoms with van der Waals surface area (Å²) in [7, 11) is 3.73. The number of aromatic nitrogens is 1. The van der Waals surface area contributed by atoms with E-state index >= 15 is 0 Å². The normalized spacial score (nSPS) is 10.3. The fourth-order valence-corrected chi connectivity index (χ4v) is 2.82. The fraction of sp³-hybridized carbons (Fsp3) is 0.273. The zero-order valence-electron chi connectivity index (χ0n) is 10.1. The molecule has 0 bridgehead atoms. The highest BCUT2D eigenvalue weighted by atomic mass is 32.1. The second kappa shape index (κ2) is 5.36. The lowest BCUT2D eigenvalue weighted by molar-refractivity contribution is 0.0955. The standard InChI is InChI=1S/C11H14N4OS2/c1-15(2)11-14-9(12)8(18-11)10(16)13-5-7-3-4-17-6-7/h3-4,6H,5,12H2,1-2H3,(H,13,16). The molecule has 5 nitrogen and oxygen atoms in total. The van der Waals surface area contributed by atoms with Gasteiger partial charge in [0.05, 0.1) is 0 Å². The van der Waals surface area contributed by atoms with Crippen molar-refractivity contribution in [1.82, 2.24) is 10.3 Å². The highest BCUT2D eigenvalue weighted by Gasteiger charge is 2.16. The van der Waals surface area contributed by atoms with Crippen LogP contribution in [0, 0.1) is 0 Å². The van der Waals surface area contributed by atoms with E-state index in [1.165, 1.54) is 11.3 Å². The average molecular weight is 282 g/mol. The topological polar surface area (TPSA) is 71.2 Å². The van der Waals surface area contributed by atoms with Crippen LogP contribution in [0.3, 0.4) is 0 Å². The molecule has 0 spiro atoms. The number of carbonyl (C=O) groups excluding carboxylic acids is 1. The minimum Gasteiger partial charge on any atom is -0.382 e. The summed E-state index contributed by atoms with van der Waals surface area (Å²) in [5, 5.41) is 7.54. The fourth-order valence-electron chi connectivity index (χ4n) is 1.33. The summed E-state index contributed by atoms with van der Waals surface area (Å²) < 4.78 is 0. The Morgan fingerprint density at radius 1 is 1.56 bits per heavy atom. The molecule has 96 valence electrons. The van der Waals surface area contributed by atoms with Crippen LogP contribution in [0.25, 0.3) is 0 Å². The van der Waals surface area contributed by atoms with Crippen LogP contribution in [0.2, 0.25) is 0 Å². The molecular weight excluding hydrogens is 268 g/mol. The highest BCUT2D eigenvalue weighted by Crippen LogP contribution is 2.26. The molecule has 2 rings (SSSR count). The third-order valence-corrected chi connectivity index (χ3v) is 4.23. The van der Waals surface area contributed by atoms with E-state index in [2.05, 4.69) is 10.3 Å². The first-order chi connectivity index (χ1) is 8.58. The monoisotopic (exact) mass is 282 g/mol. The van der Waals surface area contributed by atoms with Crippen LogP contribution in [-0.4, -0.2) is 25.0 Å². The molecule has 0 aliphatic rings. The molecule has 1 amide bonds. The number of thiazole rings is 1. The summed E-state index contributed by atoms with van der Waals surface area (Å²) in [6.45, 7) is 0.511. The Hall–Kier alpha value is -1.60. The van der Waals surface area contributed by atoms with Gasteiger partial charge in [-0.25, -0.2) is 4.98 Å².